The first-order valence-corrected chi connectivity index (χ1v) is 11.3. The number of para-hydroxylation sites is 1. The third-order valence-electron chi connectivity index (χ3n) is 6.93. The van der Waals surface area contributed by atoms with E-state index >= 15 is 0 Å². The van der Waals surface area contributed by atoms with Crippen molar-refractivity contribution in [2.45, 2.75) is 12.6 Å². The molecule has 158 valence electrons. The molecular formula is C26H28N4O. The maximum Gasteiger partial charge on any atom is 0.150 e. The molecule has 0 aromatic heterocycles. The Morgan fingerprint density at radius 2 is 1.65 bits per heavy atom. The molecule has 3 aliphatic heterocycles. The van der Waals surface area contributed by atoms with E-state index < -0.39 is 0 Å². The number of fused-ring (bicyclic) bond motifs is 4. The van der Waals surface area contributed by atoms with Crippen molar-refractivity contribution in [2.75, 3.05) is 44.6 Å². The second-order valence-corrected chi connectivity index (χ2v) is 8.91. The van der Waals surface area contributed by atoms with E-state index in [4.69, 9.17) is 4.84 Å². The number of anilines is 1. The summed E-state index contributed by atoms with van der Waals surface area (Å²) >= 11 is 0. The number of hydrogen-bond acceptors (Lipinski definition) is 5. The van der Waals surface area contributed by atoms with Crippen LogP contribution in [0, 0.1) is 5.92 Å². The second-order valence-electron chi connectivity index (χ2n) is 8.91. The molecule has 31 heavy (non-hydrogen) atoms. The molecule has 0 amide bonds. The van der Waals surface area contributed by atoms with Gasteiger partial charge in [0.05, 0.1) is 11.6 Å². The van der Waals surface area contributed by atoms with Crippen molar-refractivity contribution >= 4 is 22.2 Å². The van der Waals surface area contributed by atoms with Gasteiger partial charge in [0.1, 0.15) is 6.10 Å². The number of hydrogen-bond donors (Lipinski definition) is 1. The van der Waals surface area contributed by atoms with Crippen molar-refractivity contribution in [2.24, 2.45) is 11.1 Å². The highest BCUT2D eigenvalue weighted by molar-refractivity contribution is 6.08. The molecule has 3 aromatic rings. The molecule has 0 radical (unpaired) electrons. The summed E-state index contributed by atoms with van der Waals surface area (Å²) in [6.07, 6.45) is 0.142. The van der Waals surface area contributed by atoms with E-state index in [1.807, 2.05) is 0 Å². The summed E-state index contributed by atoms with van der Waals surface area (Å²) in [4.78, 5) is 11.0. The summed E-state index contributed by atoms with van der Waals surface area (Å²) in [6.45, 7) is 7.24. The average Bonchev–Trinajstić information content (AvgIpc) is 3.23. The Kier molecular flexibility index (Phi) is 4.85. The van der Waals surface area contributed by atoms with E-state index in [-0.39, 0.29) is 6.10 Å². The monoisotopic (exact) mass is 412 g/mol. The van der Waals surface area contributed by atoms with Crippen molar-refractivity contribution in [3.8, 4) is 0 Å². The molecule has 3 aromatic carbocycles. The van der Waals surface area contributed by atoms with E-state index in [9.17, 15) is 0 Å². The molecule has 2 atom stereocenters. The molecule has 6 rings (SSSR count). The SMILES string of the molecule is c1ccc2c(c1)NC[C@@H]1C2=NO[C@H]1CN1CCN(Cc2ccc3ccccc3c2)CC1. The zero-order valence-corrected chi connectivity index (χ0v) is 17.7. The van der Waals surface area contributed by atoms with Crippen LogP contribution in [0.15, 0.2) is 71.9 Å². The molecular weight excluding hydrogens is 384 g/mol. The minimum absolute atomic E-state index is 0.142. The Bertz CT molecular complexity index is 1120. The molecule has 0 unspecified atom stereocenters. The zero-order valence-electron chi connectivity index (χ0n) is 17.7. The van der Waals surface area contributed by atoms with Crippen LogP contribution in [0.1, 0.15) is 11.1 Å². The molecule has 1 saturated heterocycles. The van der Waals surface area contributed by atoms with Gasteiger partial charge in [-0.25, -0.2) is 0 Å². The number of rotatable bonds is 4. The summed E-state index contributed by atoms with van der Waals surface area (Å²) in [7, 11) is 0. The van der Waals surface area contributed by atoms with Gasteiger partial charge in [-0.15, -0.1) is 0 Å². The third kappa shape index (κ3) is 3.68. The molecule has 1 N–H and O–H groups in total. The minimum atomic E-state index is 0.142. The van der Waals surface area contributed by atoms with Crippen LogP contribution in [-0.2, 0) is 11.4 Å². The van der Waals surface area contributed by atoms with E-state index in [0.717, 1.165) is 51.5 Å². The van der Waals surface area contributed by atoms with E-state index in [2.05, 4.69) is 87.0 Å². The van der Waals surface area contributed by atoms with Crippen molar-refractivity contribution < 1.29 is 4.84 Å². The van der Waals surface area contributed by atoms with Gasteiger partial charge in [0, 0.05) is 57.1 Å². The lowest BCUT2D eigenvalue weighted by Crippen LogP contribution is -2.50. The Morgan fingerprint density at radius 3 is 2.55 bits per heavy atom. The maximum atomic E-state index is 5.92. The fourth-order valence-corrected chi connectivity index (χ4v) is 5.14. The highest BCUT2D eigenvalue weighted by Crippen LogP contribution is 2.32. The van der Waals surface area contributed by atoms with Crippen LogP contribution < -0.4 is 5.32 Å². The van der Waals surface area contributed by atoms with Crippen LogP contribution >= 0.6 is 0 Å². The highest BCUT2D eigenvalue weighted by atomic mass is 16.6. The number of benzene rings is 3. The van der Waals surface area contributed by atoms with Gasteiger partial charge in [-0.1, -0.05) is 59.8 Å². The first-order valence-electron chi connectivity index (χ1n) is 11.3. The molecule has 0 spiro atoms. The third-order valence-corrected chi connectivity index (χ3v) is 6.93. The van der Waals surface area contributed by atoms with E-state index in [1.165, 1.54) is 27.6 Å². The van der Waals surface area contributed by atoms with Gasteiger partial charge in [0.25, 0.3) is 0 Å². The number of oxime groups is 1. The van der Waals surface area contributed by atoms with Crippen LogP contribution in [0.25, 0.3) is 10.8 Å². The van der Waals surface area contributed by atoms with Crippen LogP contribution in [0.5, 0.6) is 0 Å². The van der Waals surface area contributed by atoms with Crippen molar-refractivity contribution in [3.63, 3.8) is 0 Å². The summed E-state index contributed by atoms with van der Waals surface area (Å²) in [5.41, 5.74) is 4.89. The van der Waals surface area contributed by atoms with Gasteiger partial charge in [-0.3, -0.25) is 9.80 Å². The molecule has 5 heteroatoms. The lowest BCUT2D eigenvalue weighted by molar-refractivity contribution is 0.0184. The molecule has 0 aliphatic carbocycles. The maximum absolute atomic E-state index is 5.92. The first-order chi connectivity index (χ1) is 15.3. The lowest BCUT2D eigenvalue weighted by Gasteiger charge is -2.36. The topological polar surface area (TPSA) is 40.1 Å². The van der Waals surface area contributed by atoms with Crippen LogP contribution in [0.4, 0.5) is 5.69 Å². The fraction of sp³-hybridized carbons (Fsp3) is 0.346. The molecule has 5 nitrogen and oxygen atoms in total. The molecule has 0 bridgehead atoms. The summed E-state index contributed by atoms with van der Waals surface area (Å²) < 4.78 is 0. The highest BCUT2D eigenvalue weighted by Gasteiger charge is 2.39. The predicted octanol–water partition coefficient (Wildman–Crippen LogP) is 3.80. The Balaban J connectivity index is 1.04. The van der Waals surface area contributed by atoms with E-state index in [0.29, 0.717) is 5.92 Å². The van der Waals surface area contributed by atoms with Crippen LogP contribution in [0.3, 0.4) is 0 Å². The van der Waals surface area contributed by atoms with Gasteiger partial charge < -0.3 is 10.2 Å². The van der Waals surface area contributed by atoms with E-state index in [1.54, 1.807) is 0 Å². The standard InChI is InChI=1S/C26H28N4O/c1-2-6-21-15-19(9-10-20(21)5-1)17-29-11-13-30(14-12-29)18-25-23-16-27-24-8-4-3-7-22(24)26(23)28-31-25/h1-10,15,23,25,27H,11-14,16-18H2/t23-,25-/m0/s1. The fourth-order valence-electron chi connectivity index (χ4n) is 5.14. The van der Waals surface area contributed by atoms with Crippen LogP contribution in [0.2, 0.25) is 0 Å². The zero-order chi connectivity index (χ0) is 20.6. The van der Waals surface area contributed by atoms with Gasteiger partial charge in [0.2, 0.25) is 0 Å². The average molecular weight is 413 g/mol. The predicted molar refractivity (Wildman–Crippen MR) is 125 cm³/mol. The number of nitrogens with zero attached hydrogens (tertiary/aromatic N) is 3. The summed E-state index contributed by atoms with van der Waals surface area (Å²) in [5.74, 6) is 0.338. The first kappa shape index (κ1) is 18.8. The van der Waals surface area contributed by atoms with Gasteiger partial charge in [-0.05, 0) is 28.5 Å². The molecule has 1 fully saturated rings. The smallest absolute Gasteiger partial charge is 0.150 e. The van der Waals surface area contributed by atoms with Gasteiger partial charge in [-0.2, -0.15) is 0 Å². The second kappa shape index (κ2) is 7.98. The van der Waals surface area contributed by atoms with Crippen molar-refractivity contribution in [1.29, 1.82) is 0 Å². The number of piperazine rings is 1. The minimum Gasteiger partial charge on any atom is -0.390 e. The molecule has 3 heterocycles. The summed E-state index contributed by atoms with van der Waals surface area (Å²) in [6, 6.07) is 23.9. The van der Waals surface area contributed by atoms with Crippen LogP contribution in [-0.4, -0.2) is 60.9 Å². The normalized spacial score (nSPS) is 23.5. The largest absolute Gasteiger partial charge is 0.390 e. The summed E-state index contributed by atoms with van der Waals surface area (Å²) in [5, 5.41) is 10.7. The Labute approximate surface area is 183 Å². The Hall–Kier alpha value is -2.89. The molecule has 0 saturated carbocycles. The lowest BCUT2D eigenvalue weighted by atomic mass is 9.88. The molecule has 3 aliphatic rings. The van der Waals surface area contributed by atoms with Gasteiger partial charge >= 0.3 is 0 Å². The van der Waals surface area contributed by atoms with Crippen molar-refractivity contribution in [1.82, 2.24) is 9.80 Å². The number of nitrogens with one attached hydrogen (secondary N) is 1. The van der Waals surface area contributed by atoms with Gasteiger partial charge in [0.15, 0.2) is 0 Å². The Morgan fingerprint density at radius 1 is 0.871 bits per heavy atom. The van der Waals surface area contributed by atoms with Crippen molar-refractivity contribution in [3.05, 3.63) is 77.9 Å². The quantitative estimate of drug-likeness (QED) is 0.708.